The summed E-state index contributed by atoms with van der Waals surface area (Å²) >= 11 is 12.3. The second kappa shape index (κ2) is 7.26. The zero-order chi connectivity index (χ0) is 22.3. The maximum atomic E-state index is 10.8. The van der Waals surface area contributed by atoms with Crippen LogP contribution in [-0.4, -0.2) is 84.7 Å². The van der Waals surface area contributed by atoms with E-state index in [9.17, 15) is 5.11 Å². The van der Waals surface area contributed by atoms with Gasteiger partial charge in [-0.3, -0.25) is 0 Å². The van der Waals surface area contributed by atoms with Crippen LogP contribution in [0.2, 0.25) is 0 Å². The third kappa shape index (κ3) is 2.37. The Kier molecular flexibility index (Phi) is 4.89. The minimum absolute atomic E-state index is 0.0325. The number of hydrogen-bond donors (Lipinski definition) is 1. The highest BCUT2D eigenvalue weighted by Crippen LogP contribution is 2.74. The molecule has 2 spiro atoms. The lowest BCUT2D eigenvalue weighted by Crippen LogP contribution is -2.79. The standard InChI is InChI=1S/C25H32Cl2N2O3/c1-28-10-7-24-20-16-3-4-18(30)21(20)32-22(24)25(31-2)6-5-23(24,19(28)13-16)14-17(25)15-29(11-8-26)12-9-27/h3-6,17,19,22,30H,7-15H2,1-2H3/t17-,19-,22-,23?,24+,25?/m1/s1. The van der Waals surface area contributed by atoms with Crippen LogP contribution < -0.4 is 4.74 Å². The first-order chi connectivity index (χ1) is 15.5. The van der Waals surface area contributed by atoms with Crippen LogP contribution in [0, 0.1) is 11.3 Å². The molecule has 4 aliphatic carbocycles. The average molecular weight is 479 g/mol. The van der Waals surface area contributed by atoms with Gasteiger partial charge in [-0.15, -0.1) is 23.2 Å². The van der Waals surface area contributed by atoms with Gasteiger partial charge in [-0.05, 0) is 44.5 Å². The highest BCUT2D eigenvalue weighted by Gasteiger charge is 2.78. The van der Waals surface area contributed by atoms with Crippen molar-refractivity contribution in [2.75, 3.05) is 52.1 Å². The van der Waals surface area contributed by atoms with Crippen LogP contribution >= 0.6 is 23.2 Å². The van der Waals surface area contributed by atoms with Crippen molar-refractivity contribution in [1.82, 2.24) is 9.80 Å². The maximum absolute atomic E-state index is 10.8. The summed E-state index contributed by atoms with van der Waals surface area (Å²) in [6.45, 7) is 3.53. The summed E-state index contributed by atoms with van der Waals surface area (Å²) in [7, 11) is 4.09. The Morgan fingerprint density at radius 1 is 1.25 bits per heavy atom. The fourth-order valence-corrected chi connectivity index (χ4v) is 8.73. The van der Waals surface area contributed by atoms with Gasteiger partial charge in [-0.2, -0.15) is 0 Å². The Hall–Kier alpha value is -0.980. The molecule has 1 saturated carbocycles. The molecule has 1 N–H and O–H groups in total. The molecule has 4 bridgehead atoms. The molecule has 0 amide bonds. The zero-order valence-corrected chi connectivity index (χ0v) is 20.3. The fraction of sp³-hybridized carbons (Fsp3) is 0.680. The van der Waals surface area contributed by atoms with E-state index in [-0.39, 0.29) is 28.6 Å². The van der Waals surface area contributed by atoms with E-state index in [1.54, 1.807) is 0 Å². The smallest absolute Gasteiger partial charge is 0.165 e. The number of fused-ring (bicyclic) bond motifs is 1. The molecule has 1 aromatic rings. The molecule has 1 aromatic carbocycles. The molecule has 2 fully saturated rings. The number of halogens is 2. The van der Waals surface area contributed by atoms with Gasteiger partial charge in [0.15, 0.2) is 11.5 Å². The Morgan fingerprint density at radius 3 is 2.75 bits per heavy atom. The van der Waals surface area contributed by atoms with Crippen molar-refractivity contribution in [1.29, 1.82) is 0 Å². The number of ether oxygens (including phenoxy) is 2. The van der Waals surface area contributed by atoms with Crippen molar-refractivity contribution >= 4 is 23.2 Å². The van der Waals surface area contributed by atoms with Crippen molar-refractivity contribution in [2.24, 2.45) is 11.3 Å². The van der Waals surface area contributed by atoms with Crippen molar-refractivity contribution in [3.05, 3.63) is 35.4 Å². The van der Waals surface area contributed by atoms with Crippen LogP contribution in [0.5, 0.6) is 11.5 Å². The molecular weight excluding hydrogens is 447 g/mol. The number of piperidine rings is 1. The molecular formula is C25H32Cl2N2O3. The van der Waals surface area contributed by atoms with Gasteiger partial charge in [-0.25, -0.2) is 0 Å². The highest BCUT2D eigenvalue weighted by molar-refractivity contribution is 6.18. The van der Waals surface area contributed by atoms with Crippen LogP contribution in [0.3, 0.4) is 0 Å². The van der Waals surface area contributed by atoms with Gasteiger partial charge in [0.25, 0.3) is 0 Å². The molecule has 2 heterocycles. The number of nitrogens with zero attached hydrogens (tertiary/aromatic N) is 2. The number of likely N-dealkylation sites (N-methyl/N-ethyl adjacent to an activating group) is 1. The predicted molar refractivity (Wildman–Crippen MR) is 126 cm³/mol. The van der Waals surface area contributed by atoms with E-state index in [4.69, 9.17) is 32.7 Å². The number of methoxy groups -OCH3 is 1. The minimum atomic E-state index is -0.543. The van der Waals surface area contributed by atoms with E-state index in [2.05, 4.69) is 35.1 Å². The molecule has 2 aliphatic heterocycles. The first-order valence-corrected chi connectivity index (χ1v) is 12.9. The van der Waals surface area contributed by atoms with Gasteiger partial charge in [0.1, 0.15) is 11.7 Å². The first-order valence-electron chi connectivity index (χ1n) is 11.8. The summed E-state index contributed by atoms with van der Waals surface area (Å²) in [5.41, 5.74) is 1.86. The second-order valence-electron chi connectivity index (χ2n) is 10.4. The number of phenols is 1. The fourth-order valence-electron chi connectivity index (χ4n) is 8.25. The molecule has 1 saturated heterocycles. The molecule has 0 radical (unpaired) electrons. The molecule has 174 valence electrons. The average Bonchev–Trinajstić information content (AvgIpc) is 3.16. The SMILES string of the molecule is COC12C=CC3(C[C@@H]1CN(CCCl)CCCl)[C@H]1Cc4ccc(O)c5c4[C@@]3(CCN1C)[C@H]2O5. The monoisotopic (exact) mass is 478 g/mol. The number of likely N-dealkylation sites (tertiary alicyclic amines) is 1. The number of benzene rings is 1. The number of hydrogen-bond acceptors (Lipinski definition) is 5. The molecule has 6 aliphatic rings. The van der Waals surface area contributed by atoms with E-state index in [0.717, 1.165) is 45.4 Å². The second-order valence-corrected chi connectivity index (χ2v) is 11.1. The van der Waals surface area contributed by atoms with Gasteiger partial charge in [0.05, 0.1) is 5.41 Å². The molecule has 5 nitrogen and oxygen atoms in total. The minimum Gasteiger partial charge on any atom is -0.504 e. The normalized spacial score (nSPS) is 40.6. The van der Waals surface area contributed by atoms with Gasteiger partial charge in [-0.1, -0.05) is 18.2 Å². The molecule has 0 aromatic heterocycles. The van der Waals surface area contributed by atoms with E-state index in [0.29, 0.717) is 23.6 Å². The largest absolute Gasteiger partial charge is 0.504 e. The van der Waals surface area contributed by atoms with Gasteiger partial charge in [0, 0.05) is 61.4 Å². The molecule has 7 rings (SSSR count). The zero-order valence-electron chi connectivity index (χ0n) is 18.8. The summed E-state index contributed by atoms with van der Waals surface area (Å²) in [5, 5.41) is 10.8. The summed E-state index contributed by atoms with van der Waals surface area (Å²) in [6.07, 6.45) is 7.69. The lowest BCUT2D eigenvalue weighted by molar-refractivity contribution is -0.216. The third-order valence-corrected chi connectivity index (χ3v) is 9.83. The van der Waals surface area contributed by atoms with Crippen molar-refractivity contribution in [3.8, 4) is 11.5 Å². The molecule has 7 heteroatoms. The summed E-state index contributed by atoms with van der Waals surface area (Å²) in [5.74, 6) is 2.39. The number of rotatable bonds is 7. The predicted octanol–water partition coefficient (Wildman–Crippen LogP) is 3.39. The van der Waals surface area contributed by atoms with E-state index in [1.165, 1.54) is 11.1 Å². The summed E-state index contributed by atoms with van der Waals surface area (Å²) < 4.78 is 13.2. The van der Waals surface area contributed by atoms with Crippen LogP contribution in [0.4, 0.5) is 0 Å². The Bertz CT molecular complexity index is 967. The lowest BCUT2D eigenvalue weighted by atomic mass is 9.37. The van der Waals surface area contributed by atoms with Crippen molar-refractivity contribution < 1.29 is 14.6 Å². The van der Waals surface area contributed by atoms with Gasteiger partial charge < -0.3 is 24.4 Å². The molecule has 32 heavy (non-hydrogen) atoms. The van der Waals surface area contributed by atoms with Crippen molar-refractivity contribution in [3.63, 3.8) is 0 Å². The number of phenolic OH excluding ortho intramolecular Hbond substituents is 1. The Balaban J connectivity index is 1.53. The summed E-state index contributed by atoms with van der Waals surface area (Å²) in [4.78, 5) is 4.93. The van der Waals surface area contributed by atoms with E-state index < -0.39 is 5.60 Å². The number of aromatic hydroxyl groups is 1. The van der Waals surface area contributed by atoms with Crippen molar-refractivity contribution in [2.45, 2.75) is 42.4 Å². The van der Waals surface area contributed by atoms with E-state index >= 15 is 0 Å². The first kappa shape index (κ1) is 21.5. The molecule has 2 unspecified atom stereocenters. The van der Waals surface area contributed by atoms with Gasteiger partial charge in [0.2, 0.25) is 0 Å². The molecule has 6 atom stereocenters. The third-order valence-electron chi connectivity index (χ3n) is 9.49. The topological polar surface area (TPSA) is 45.2 Å². The van der Waals surface area contributed by atoms with Gasteiger partial charge >= 0.3 is 0 Å². The highest BCUT2D eigenvalue weighted by atomic mass is 35.5. The van der Waals surface area contributed by atoms with Crippen LogP contribution in [-0.2, 0) is 16.6 Å². The van der Waals surface area contributed by atoms with Crippen LogP contribution in [0.15, 0.2) is 24.3 Å². The van der Waals surface area contributed by atoms with Crippen LogP contribution in [0.25, 0.3) is 0 Å². The Labute approximate surface area is 200 Å². The quantitative estimate of drug-likeness (QED) is 0.480. The maximum Gasteiger partial charge on any atom is 0.165 e. The number of alkyl halides is 2. The van der Waals surface area contributed by atoms with E-state index in [1.807, 2.05) is 13.2 Å². The summed E-state index contributed by atoms with van der Waals surface area (Å²) in [6, 6.07) is 4.34. The Morgan fingerprint density at radius 2 is 2.03 bits per heavy atom. The lowest BCUT2D eigenvalue weighted by Gasteiger charge is -2.71. The van der Waals surface area contributed by atoms with Crippen LogP contribution in [0.1, 0.15) is 24.0 Å².